The van der Waals surface area contributed by atoms with Gasteiger partial charge in [0.05, 0.1) is 5.54 Å². The Bertz CT molecular complexity index is 311. The van der Waals surface area contributed by atoms with Crippen molar-refractivity contribution in [2.24, 2.45) is 0 Å². The van der Waals surface area contributed by atoms with Gasteiger partial charge in [0.15, 0.2) is 0 Å². The fourth-order valence-electron chi connectivity index (χ4n) is 4.06. The Morgan fingerprint density at radius 3 is 2.32 bits per heavy atom. The Balaban J connectivity index is 1.73. The Kier molecular flexibility index (Phi) is 3.96. The third kappa shape index (κ3) is 2.60. The molecule has 0 atom stereocenters. The van der Waals surface area contributed by atoms with Crippen molar-refractivity contribution in [1.29, 1.82) is 0 Å². The van der Waals surface area contributed by atoms with Crippen LogP contribution in [0.1, 0.15) is 51.4 Å². The molecule has 4 nitrogen and oxygen atoms in total. The van der Waals surface area contributed by atoms with Crippen molar-refractivity contribution < 1.29 is 4.79 Å². The van der Waals surface area contributed by atoms with Crippen molar-refractivity contribution in [2.75, 3.05) is 32.7 Å². The van der Waals surface area contributed by atoms with E-state index in [1.54, 1.807) is 0 Å². The quantitative estimate of drug-likeness (QED) is 0.729. The summed E-state index contributed by atoms with van der Waals surface area (Å²) in [6.45, 7) is 4.81. The van der Waals surface area contributed by atoms with E-state index in [4.69, 9.17) is 0 Å². The Morgan fingerprint density at radius 1 is 0.895 bits per heavy atom. The van der Waals surface area contributed by atoms with E-state index in [2.05, 4.69) is 15.1 Å². The summed E-state index contributed by atoms with van der Waals surface area (Å²) in [5.74, 6) is 0. The maximum atomic E-state index is 12.9. The lowest BCUT2D eigenvalue weighted by Crippen LogP contribution is -2.66. The summed E-state index contributed by atoms with van der Waals surface area (Å²) in [6, 6.07) is 0.322. The number of hydrogen-bond donors (Lipinski definition) is 1. The first-order valence-corrected chi connectivity index (χ1v) is 8.09. The number of rotatable bonds is 0. The molecule has 3 aliphatic rings. The minimum atomic E-state index is 0.130. The summed E-state index contributed by atoms with van der Waals surface area (Å²) in [6.07, 6.45) is 9.95. The highest BCUT2D eigenvalue weighted by molar-refractivity contribution is 5.75. The van der Waals surface area contributed by atoms with Crippen LogP contribution in [0.15, 0.2) is 0 Å². The first-order chi connectivity index (χ1) is 9.32. The number of urea groups is 1. The second-order valence-corrected chi connectivity index (χ2v) is 6.44. The van der Waals surface area contributed by atoms with Crippen LogP contribution in [0.5, 0.6) is 0 Å². The molecule has 3 fully saturated rings. The van der Waals surface area contributed by atoms with Gasteiger partial charge >= 0.3 is 6.03 Å². The van der Waals surface area contributed by atoms with Gasteiger partial charge in [0.25, 0.3) is 0 Å². The maximum Gasteiger partial charge on any atom is 0.320 e. The molecule has 19 heavy (non-hydrogen) atoms. The fourth-order valence-corrected chi connectivity index (χ4v) is 4.06. The van der Waals surface area contributed by atoms with Crippen LogP contribution in [0.4, 0.5) is 4.79 Å². The van der Waals surface area contributed by atoms with E-state index in [0.29, 0.717) is 6.03 Å². The number of nitrogens with zero attached hydrogens (tertiary/aromatic N) is 2. The first kappa shape index (κ1) is 13.2. The molecule has 1 aliphatic carbocycles. The number of carbonyl (C=O) groups excluding carboxylic acids is 1. The average Bonchev–Trinajstić information content (AvgIpc) is 2.49. The minimum absolute atomic E-state index is 0.130. The minimum Gasteiger partial charge on any atom is -0.325 e. The smallest absolute Gasteiger partial charge is 0.320 e. The van der Waals surface area contributed by atoms with E-state index in [-0.39, 0.29) is 5.54 Å². The van der Waals surface area contributed by atoms with Gasteiger partial charge < -0.3 is 15.1 Å². The van der Waals surface area contributed by atoms with Crippen molar-refractivity contribution in [1.82, 2.24) is 15.1 Å². The van der Waals surface area contributed by atoms with Crippen LogP contribution in [0, 0.1) is 0 Å². The van der Waals surface area contributed by atoms with Crippen molar-refractivity contribution >= 4 is 6.03 Å². The van der Waals surface area contributed by atoms with Gasteiger partial charge in [0, 0.05) is 32.7 Å². The van der Waals surface area contributed by atoms with Crippen LogP contribution in [-0.4, -0.2) is 54.1 Å². The van der Waals surface area contributed by atoms with Crippen molar-refractivity contribution in [3.63, 3.8) is 0 Å². The van der Waals surface area contributed by atoms with E-state index in [0.717, 1.165) is 32.7 Å². The van der Waals surface area contributed by atoms with E-state index < -0.39 is 0 Å². The van der Waals surface area contributed by atoms with Crippen LogP contribution in [0.2, 0.25) is 0 Å². The van der Waals surface area contributed by atoms with Crippen LogP contribution in [0.3, 0.4) is 0 Å². The molecular weight excluding hydrogens is 238 g/mol. The topological polar surface area (TPSA) is 35.6 Å². The molecule has 108 valence electrons. The van der Waals surface area contributed by atoms with Crippen LogP contribution >= 0.6 is 0 Å². The molecule has 2 heterocycles. The van der Waals surface area contributed by atoms with Crippen LogP contribution < -0.4 is 5.32 Å². The van der Waals surface area contributed by atoms with Gasteiger partial charge in [0.2, 0.25) is 0 Å². The Labute approximate surface area is 116 Å². The van der Waals surface area contributed by atoms with Gasteiger partial charge in [-0.15, -0.1) is 0 Å². The SMILES string of the molecule is O=C(N1CCCCC1)N1CCNCC12CCCCC2. The number of hydrogen-bond acceptors (Lipinski definition) is 2. The van der Waals surface area contributed by atoms with Crippen molar-refractivity contribution in [2.45, 2.75) is 56.9 Å². The predicted octanol–water partition coefficient (Wildman–Crippen LogP) is 2.20. The molecule has 0 unspecified atom stereocenters. The predicted molar refractivity (Wildman–Crippen MR) is 76.2 cm³/mol. The molecule has 3 rings (SSSR count). The number of amides is 2. The van der Waals surface area contributed by atoms with E-state index in [1.807, 2.05) is 0 Å². The first-order valence-electron chi connectivity index (χ1n) is 8.09. The Morgan fingerprint density at radius 2 is 1.58 bits per heavy atom. The number of nitrogens with one attached hydrogen (secondary N) is 1. The number of carbonyl (C=O) groups is 1. The molecule has 0 radical (unpaired) electrons. The van der Waals surface area contributed by atoms with Gasteiger partial charge in [-0.1, -0.05) is 19.3 Å². The molecule has 0 aromatic rings. The summed E-state index contributed by atoms with van der Waals surface area (Å²) < 4.78 is 0. The summed E-state index contributed by atoms with van der Waals surface area (Å²) in [5.41, 5.74) is 0.130. The zero-order valence-electron chi connectivity index (χ0n) is 12.0. The standard InChI is InChI=1S/C15H27N3O/c19-14(17-10-5-2-6-11-17)18-12-9-16-13-15(18)7-3-1-4-8-15/h16H,1-13H2. The summed E-state index contributed by atoms with van der Waals surface area (Å²) in [7, 11) is 0. The normalized spacial score (nSPS) is 27.6. The molecule has 1 N–H and O–H groups in total. The fraction of sp³-hybridized carbons (Fsp3) is 0.933. The monoisotopic (exact) mass is 265 g/mol. The molecule has 0 bridgehead atoms. The van der Waals surface area contributed by atoms with Gasteiger partial charge in [-0.05, 0) is 32.1 Å². The summed E-state index contributed by atoms with van der Waals surface area (Å²) >= 11 is 0. The maximum absolute atomic E-state index is 12.9. The third-order valence-electron chi connectivity index (χ3n) is 5.18. The Hall–Kier alpha value is -0.770. The highest BCUT2D eigenvalue weighted by atomic mass is 16.2. The van der Waals surface area contributed by atoms with Crippen LogP contribution in [0.25, 0.3) is 0 Å². The zero-order valence-corrected chi connectivity index (χ0v) is 12.0. The summed E-state index contributed by atoms with van der Waals surface area (Å²) in [5, 5.41) is 3.52. The van der Waals surface area contributed by atoms with E-state index >= 15 is 0 Å². The van der Waals surface area contributed by atoms with E-state index in [1.165, 1.54) is 51.4 Å². The molecular formula is C15H27N3O. The number of likely N-dealkylation sites (tertiary alicyclic amines) is 1. The second kappa shape index (κ2) is 5.70. The van der Waals surface area contributed by atoms with Crippen molar-refractivity contribution in [3.05, 3.63) is 0 Å². The lowest BCUT2D eigenvalue weighted by atomic mass is 9.79. The van der Waals surface area contributed by atoms with Gasteiger partial charge in [-0.2, -0.15) is 0 Å². The molecule has 2 amide bonds. The second-order valence-electron chi connectivity index (χ2n) is 6.44. The lowest BCUT2D eigenvalue weighted by Gasteiger charge is -2.51. The van der Waals surface area contributed by atoms with Crippen LogP contribution in [-0.2, 0) is 0 Å². The molecule has 0 aromatic heterocycles. The van der Waals surface area contributed by atoms with Crippen molar-refractivity contribution in [3.8, 4) is 0 Å². The molecule has 0 aromatic carbocycles. The average molecular weight is 265 g/mol. The lowest BCUT2D eigenvalue weighted by molar-refractivity contribution is 0.0367. The molecule has 1 spiro atoms. The third-order valence-corrected chi connectivity index (χ3v) is 5.18. The molecule has 1 saturated carbocycles. The van der Waals surface area contributed by atoms with Gasteiger partial charge in [0.1, 0.15) is 0 Å². The van der Waals surface area contributed by atoms with Gasteiger partial charge in [-0.25, -0.2) is 4.79 Å². The number of piperidine rings is 1. The largest absolute Gasteiger partial charge is 0.325 e. The highest BCUT2D eigenvalue weighted by Crippen LogP contribution is 2.35. The highest BCUT2D eigenvalue weighted by Gasteiger charge is 2.43. The number of piperazine rings is 1. The van der Waals surface area contributed by atoms with Gasteiger partial charge in [-0.3, -0.25) is 0 Å². The zero-order chi connectivity index (χ0) is 13.1. The molecule has 2 saturated heterocycles. The van der Waals surface area contributed by atoms with E-state index in [9.17, 15) is 4.79 Å². The molecule has 2 aliphatic heterocycles. The summed E-state index contributed by atoms with van der Waals surface area (Å²) in [4.78, 5) is 17.2. The molecule has 4 heteroatoms.